The average molecular weight is 481 g/mol. The fourth-order valence-electron chi connectivity index (χ4n) is 2.39. The maximum absolute atomic E-state index is 13.4. The Bertz CT molecular complexity index is 767. The molecule has 0 aromatic carbocycles. The number of halogens is 3. The van der Waals surface area contributed by atoms with Gasteiger partial charge < -0.3 is 0 Å². The zero-order valence-corrected chi connectivity index (χ0v) is 18.6. The molecule has 0 aliphatic rings. The van der Waals surface area contributed by atoms with Crippen LogP contribution in [0.3, 0.4) is 0 Å². The van der Waals surface area contributed by atoms with Gasteiger partial charge in [-0.1, -0.05) is 0 Å². The topological polar surface area (TPSA) is 91.8 Å². The van der Waals surface area contributed by atoms with Crippen molar-refractivity contribution in [2.45, 2.75) is 51.1 Å². The van der Waals surface area contributed by atoms with Crippen molar-refractivity contribution in [3.63, 3.8) is 0 Å². The predicted octanol–water partition coefficient (Wildman–Crippen LogP) is 2.98. The number of aromatic nitrogens is 1. The van der Waals surface area contributed by atoms with E-state index in [1.807, 2.05) is 0 Å². The Kier molecular flexibility index (Phi) is 9.13. The van der Waals surface area contributed by atoms with Gasteiger partial charge in [-0.25, -0.2) is 0 Å². The Morgan fingerprint density at radius 3 is 2.28 bits per heavy atom. The second-order valence-electron chi connectivity index (χ2n) is 6.24. The summed E-state index contributed by atoms with van der Waals surface area (Å²) >= 11 is -3.06. The molecule has 0 fully saturated rings. The Balaban J connectivity index is 3.50. The predicted molar refractivity (Wildman–Crippen MR) is 98.4 cm³/mol. The zero-order chi connectivity index (χ0) is 22.4. The van der Waals surface area contributed by atoms with E-state index < -0.39 is 54.9 Å². The molecule has 1 atom stereocenters. The summed E-state index contributed by atoms with van der Waals surface area (Å²) in [7, 11) is 2.28. The first kappa shape index (κ1) is 24.9. The Labute approximate surface area is 171 Å². The number of alkyl halides is 3. The van der Waals surface area contributed by atoms with Crippen LogP contribution in [0.15, 0.2) is 6.07 Å². The van der Waals surface area contributed by atoms with Crippen LogP contribution in [0.2, 0.25) is 5.21 Å². The van der Waals surface area contributed by atoms with Gasteiger partial charge in [0.25, 0.3) is 0 Å². The van der Waals surface area contributed by atoms with E-state index in [4.69, 9.17) is 4.74 Å². The number of hydrogen-bond acceptors (Lipinski definition) is 7. The van der Waals surface area contributed by atoms with Crippen LogP contribution in [-0.2, 0) is 25.2 Å². The van der Waals surface area contributed by atoms with Crippen LogP contribution in [0.5, 0.6) is 0 Å². The Morgan fingerprint density at radius 2 is 1.79 bits per heavy atom. The number of pyridine rings is 1. The molecule has 0 spiro atoms. The number of carbonyl (C=O) groups excluding carboxylic acids is 3. The first-order valence-corrected chi connectivity index (χ1v) is 11.8. The third-order valence-electron chi connectivity index (χ3n) is 3.72. The molecule has 11 heteroatoms. The molecule has 0 bridgehead atoms. The molecule has 0 radical (unpaired) electrons. The van der Waals surface area contributed by atoms with E-state index in [0.717, 1.165) is 20.1 Å². The zero-order valence-electron chi connectivity index (χ0n) is 16.8. The summed E-state index contributed by atoms with van der Waals surface area (Å²) in [6, 6.07) is 0.786. The summed E-state index contributed by atoms with van der Waals surface area (Å²) in [5, 5.41) is 0.0969. The number of methoxy groups -OCH3 is 2. The first-order valence-electron chi connectivity index (χ1n) is 8.64. The van der Waals surface area contributed by atoms with Crippen molar-refractivity contribution in [3.05, 3.63) is 23.0 Å². The van der Waals surface area contributed by atoms with Crippen molar-refractivity contribution in [2.75, 3.05) is 14.2 Å². The number of aryl methyl sites for hydroxylation is 1. The molecule has 1 aromatic heterocycles. The standard InChI is InChI=1S/C18H23AsF3NO6/c1-10(2)29-17(26)19(8-6-7-14(24)27-4)13-9-12(18(20,21)22)11(3)23-15(13)16(25)28-5/h9-10H,6-8H2,1-5H3. The van der Waals surface area contributed by atoms with Crippen LogP contribution in [0.4, 0.5) is 18.0 Å². The first-order chi connectivity index (χ1) is 13.4. The summed E-state index contributed by atoms with van der Waals surface area (Å²) in [4.78, 5) is 40.0. The van der Waals surface area contributed by atoms with Gasteiger partial charge in [-0.15, -0.1) is 0 Å². The number of carbonyl (C=O) groups is 3. The molecule has 0 aliphatic heterocycles. The number of ether oxygens (including phenoxy) is 3. The number of hydrogen-bond donors (Lipinski definition) is 0. The summed E-state index contributed by atoms with van der Waals surface area (Å²) in [6.07, 6.45) is -5.04. The van der Waals surface area contributed by atoms with Crippen LogP contribution in [0.25, 0.3) is 0 Å². The number of esters is 2. The van der Waals surface area contributed by atoms with E-state index in [2.05, 4.69) is 14.5 Å². The van der Waals surface area contributed by atoms with E-state index in [1.165, 1.54) is 7.11 Å². The number of rotatable bonds is 8. The van der Waals surface area contributed by atoms with Crippen LogP contribution in [-0.4, -0.2) is 56.7 Å². The van der Waals surface area contributed by atoms with Gasteiger partial charge in [0.1, 0.15) is 0 Å². The minimum absolute atomic E-state index is 0.0182. The van der Waals surface area contributed by atoms with E-state index in [0.29, 0.717) is 0 Å². The average Bonchev–Trinajstić information content (AvgIpc) is 2.62. The van der Waals surface area contributed by atoms with Gasteiger partial charge in [-0.05, 0) is 0 Å². The molecule has 1 aromatic rings. The SMILES string of the molecule is COC(=O)CCC[As](C(=O)OC(C)C)c1cc(C(F)(F)F)c(C)nc1C(=O)OC. The summed E-state index contributed by atoms with van der Waals surface area (Å²) in [5.74, 6) is -1.45. The molecule has 29 heavy (non-hydrogen) atoms. The van der Waals surface area contributed by atoms with Crippen LogP contribution in [0, 0.1) is 6.92 Å². The van der Waals surface area contributed by atoms with Gasteiger partial charge in [0, 0.05) is 0 Å². The van der Waals surface area contributed by atoms with E-state index >= 15 is 0 Å². The quantitative estimate of drug-likeness (QED) is 0.320. The monoisotopic (exact) mass is 481 g/mol. The second-order valence-corrected chi connectivity index (χ2v) is 10.8. The van der Waals surface area contributed by atoms with Gasteiger partial charge in [0.2, 0.25) is 0 Å². The summed E-state index contributed by atoms with van der Waals surface area (Å²) in [5.41, 5.74) is -1.77. The molecule has 0 aliphatic carbocycles. The number of nitrogens with zero attached hydrogens (tertiary/aromatic N) is 1. The molecule has 162 valence electrons. The van der Waals surface area contributed by atoms with Gasteiger partial charge >= 0.3 is 171 Å². The fraction of sp³-hybridized carbons (Fsp3) is 0.556. The minimum atomic E-state index is -4.71. The Morgan fingerprint density at radius 1 is 1.17 bits per heavy atom. The molecule has 0 N–H and O–H groups in total. The molecular weight excluding hydrogens is 458 g/mol. The molecule has 0 amide bonds. The molecule has 1 rings (SSSR count). The molecular formula is C18H23AsF3NO6. The van der Waals surface area contributed by atoms with Gasteiger partial charge in [0.15, 0.2) is 0 Å². The fourth-order valence-corrected chi connectivity index (χ4v) is 6.83. The van der Waals surface area contributed by atoms with Crippen molar-refractivity contribution in [2.24, 2.45) is 0 Å². The summed E-state index contributed by atoms with van der Waals surface area (Å²) < 4.78 is 53.8. The van der Waals surface area contributed by atoms with E-state index in [9.17, 15) is 27.6 Å². The molecule has 1 unspecified atom stereocenters. The maximum atomic E-state index is 13.4. The Hall–Kier alpha value is -2.09. The van der Waals surface area contributed by atoms with Crippen LogP contribution < -0.4 is 4.35 Å². The van der Waals surface area contributed by atoms with E-state index in [-0.39, 0.29) is 28.1 Å². The van der Waals surface area contributed by atoms with Crippen molar-refractivity contribution < 1.29 is 41.8 Å². The van der Waals surface area contributed by atoms with Crippen LogP contribution >= 0.6 is 0 Å². The van der Waals surface area contributed by atoms with Crippen molar-refractivity contribution in [1.29, 1.82) is 0 Å². The molecule has 7 nitrogen and oxygen atoms in total. The third-order valence-corrected chi connectivity index (χ3v) is 8.40. The normalized spacial score (nSPS) is 12.4. The second kappa shape index (κ2) is 10.6. The van der Waals surface area contributed by atoms with Crippen molar-refractivity contribution in [3.8, 4) is 0 Å². The van der Waals surface area contributed by atoms with Gasteiger partial charge in [0.05, 0.1) is 0 Å². The van der Waals surface area contributed by atoms with Crippen molar-refractivity contribution in [1.82, 2.24) is 4.98 Å². The van der Waals surface area contributed by atoms with Gasteiger partial charge in [-0.2, -0.15) is 0 Å². The molecule has 0 saturated carbocycles. The summed E-state index contributed by atoms with van der Waals surface area (Å²) in [6.45, 7) is 4.34. The molecule has 0 saturated heterocycles. The van der Waals surface area contributed by atoms with E-state index in [1.54, 1.807) is 13.8 Å². The van der Waals surface area contributed by atoms with Crippen LogP contribution in [0.1, 0.15) is 48.4 Å². The molecule has 1 heterocycles. The van der Waals surface area contributed by atoms with Crippen molar-refractivity contribution >= 4 is 35.7 Å². The third kappa shape index (κ3) is 7.03. The van der Waals surface area contributed by atoms with Gasteiger partial charge in [-0.3, -0.25) is 0 Å².